The average Bonchev–Trinajstić information content (AvgIpc) is 2.58. The number of hydrogen-bond donors (Lipinski definition) is 1. The first kappa shape index (κ1) is 10.9. The Labute approximate surface area is 86.6 Å². The largest absolute Gasteiger partial charge is 0.478 e. The molecule has 0 aliphatic rings. The molecule has 0 aromatic carbocycles. The molecule has 0 aliphatic carbocycles. The maximum absolute atomic E-state index is 10.3. The van der Waals surface area contributed by atoms with Crippen LogP contribution in [0.15, 0.2) is 17.5 Å². The summed E-state index contributed by atoms with van der Waals surface area (Å²) in [6, 6.07) is 1.89. The van der Waals surface area contributed by atoms with Crippen molar-refractivity contribution in [2.24, 2.45) is 0 Å². The van der Waals surface area contributed by atoms with Gasteiger partial charge in [-0.1, -0.05) is 0 Å². The number of hydrogen-bond acceptors (Lipinski definition) is 3. The Kier molecular flexibility index (Phi) is 4.35. The van der Waals surface area contributed by atoms with E-state index in [9.17, 15) is 4.79 Å². The fourth-order valence-electron chi connectivity index (χ4n) is 0.972. The number of carboxylic acids is 1. The van der Waals surface area contributed by atoms with E-state index in [1.807, 2.05) is 18.4 Å². The van der Waals surface area contributed by atoms with Crippen molar-refractivity contribution in [1.29, 1.82) is 0 Å². The number of aliphatic carboxylic acids is 1. The summed E-state index contributed by atoms with van der Waals surface area (Å²) in [6.45, 7) is 3.15. The van der Waals surface area contributed by atoms with Crippen LogP contribution in [0.4, 0.5) is 0 Å². The van der Waals surface area contributed by atoms with Crippen LogP contribution in [0.2, 0.25) is 0 Å². The molecule has 1 aromatic rings. The molecule has 76 valence electrons. The summed E-state index contributed by atoms with van der Waals surface area (Å²) in [6.07, 6.45) is 2.73. The lowest BCUT2D eigenvalue weighted by atomic mass is 10.2. The minimum Gasteiger partial charge on any atom is -0.478 e. The van der Waals surface area contributed by atoms with E-state index in [1.165, 1.54) is 0 Å². The van der Waals surface area contributed by atoms with Crippen LogP contribution < -0.4 is 0 Å². The fourth-order valence-corrected chi connectivity index (χ4v) is 1.77. The van der Waals surface area contributed by atoms with E-state index >= 15 is 0 Å². The predicted molar refractivity (Wildman–Crippen MR) is 56.3 cm³/mol. The molecule has 1 N–H and O–H groups in total. The van der Waals surface area contributed by atoms with E-state index in [2.05, 4.69) is 0 Å². The van der Waals surface area contributed by atoms with Crippen LogP contribution in [0.1, 0.15) is 17.4 Å². The molecule has 1 heterocycles. The van der Waals surface area contributed by atoms with Gasteiger partial charge >= 0.3 is 5.97 Å². The highest BCUT2D eigenvalue weighted by Gasteiger charge is 2.01. The SMILES string of the molecule is CCOCc1sccc1C=CC(=O)O. The normalized spacial score (nSPS) is 10.9. The predicted octanol–water partition coefficient (Wildman–Crippen LogP) is 2.38. The standard InChI is InChI=1S/C10H12O3S/c1-2-13-7-9-8(5-6-14-9)3-4-10(11)12/h3-6H,2,7H2,1H3,(H,11,12). The molecule has 0 amide bonds. The molecule has 0 fully saturated rings. The van der Waals surface area contributed by atoms with E-state index in [0.29, 0.717) is 13.2 Å². The summed E-state index contributed by atoms with van der Waals surface area (Å²) >= 11 is 1.57. The molecule has 0 radical (unpaired) electrons. The van der Waals surface area contributed by atoms with E-state index in [-0.39, 0.29) is 0 Å². The molecule has 3 nitrogen and oxygen atoms in total. The van der Waals surface area contributed by atoms with Crippen LogP contribution in [-0.4, -0.2) is 17.7 Å². The molecule has 1 rings (SSSR count). The van der Waals surface area contributed by atoms with Gasteiger partial charge in [0.15, 0.2) is 0 Å². The Morgan fingerprint density at radius 2 is 2.50 bits per heavy atom. The highest BCUT2D eigenvalue weighted by atomic mass is 32.1. The molecule has 0 bridgehead atoms. The maximum Gasteiger partial charge on any atom is 0.328 e. The van der Waals surface area contributed by atoms with Crippen molar-refractivity contribution in [2.75, 3.05) is 6.61 Å². The lowest BCUT2D eigenvalue weighted by Gasteiger charge is -1.99. The first-order valence-electron chi connectivity index (χ1n) is 4.29. The van der Waals surface area contributed by atoms with Crippen LogP contribution in [0.25, 0.3) is 6.08 Å². The quantitative estimate of drug-likeness (QED) is 0.762. The first-order chi connectivity index (χ1) is 6.74. The first-order valence-corrected chi connectivity index (χ1v) is 5.17. The molecule has 0 unspecified atom stereocenters. The van der Waals surface area contributed by atoms with Gasteiger partial charge in [0.1, 0.15) is 0 Å². The second kappa shape index (κ2) is 5.57. The third-order valence-corrected chi connectivity index (χ3v) is 2.53. The van der Waals surface area contributed by atoms with Crippen LogP contribution in [0.5, 0.6) is 0 Å². The number of carboxylic acid groups (broad SMARTS) is 1. The van der Waals surface area contributed by atoms with Gasteiger partial charge in [-0.2, -0.15) is 0 Å². The Morgan fingerprint density at radius 3 is 3.14 bits per heavy atom. The molecule has 0 aliphatic heterocycles. The summed E-state index contributed by atoms with van der Waals surface area (Å²) in [5, 5.41) is 10.4. The van der Waals surface area contributed by atoms with Crippen molar-refractivity contribution in [3.05, 3.63) is 28.0 Å². The molecule has 0 saturated carbocycles. The summed E-state index contributed by atoms with van der Waals surface area (Å²) in [5.41, 5.74) is 0.922. The zero-order valence-corrected chi connectivity index (χ0v) is 8.71. The monoisotopic (exact) mass is 212 g/mol. The molecule has 0 spiro atoms. The molecule has 0 atom stereocenters. The van der Waals surface area contributed by atoms with Gasteiger partial charge in [0.2, 0.25) is 0 Å². The zero-order valence-electron chi connectivity index (χ0n) is 7.90. The molecule has 4 heteroatoms. The van der Waals surface area contributed by atoms with Crippen molar-refractivity contribution >= 4 is 23.4 Å². The summed E-state index contributed by atoms with van der Waals surface area (Å²) < 4.78 is 5.25. The van der Waals surface area contributed by atoms with Crippen LogP contribution in [0.3, 0.4) is 0 Å². The minimum atomic E-state index is -0.932. The van der Waals surface area contributed by atoms with Gasteiger partial charge in [-0.05, 0) is 30.0 Å². The van der Waals surface area contributed by atoms with Crippen molar-refractivity contribution in [2.45, 2.75) is 13.5 Å². The van der Waals surface area contributed by atoms with Crippen LogP contribution in [0, 0.1) is 0 Å². The van der Waals surface area contributed by atoms with Gasteiger partial charge in [0.25, 0.3) is 0 Å². The average molecular weight is 212 g/mol. The minimum absolute atomic E-state index is 0.549. The van der Waals surface area contributed by atoms with Crippen molar-refractivity contribution in [3.8, 4) is 0 Å². The van der Waals surface area contributed by atoms with E-state index in [1.54, 1.807) is 17.4 Å². The molecule has 0 saturated heterocycles. The lowest BCUT2D eigenvalue weighted by molar-refractivity contribution is -0.131. The smallest absolute Gasteiger partial charge is 0.328 e. The number of rotatable bonds is 5. The van der Waals surface area contributed by atoms with E-state index in [0.717, 1.165) is 16.5 Å². The van der Waals surface area contributed by atoms with Gasteiger partial charge in [0, 0.05) is 17.6 Å². The van der Waals surface area contributed by atoms with Gasteiger partial charge in [-0.3, -0.25) is 0 Å². The summed E-state index contributed by atoms with van der Waals surface area (Å²) in [4.78, 5) is 11.4. The second-order valence-corrected chi connectivity index (χ2v) is 3.61. The molecule has 1 aromatic heterocycles. The molecular weight excluding hydrogens is 200 g/mol. The fraction of sp³-hybridized carbons (Fsp3) is 0.300. The lowest BCUT2D eigenvalue weighted by Crippen LogP contribution is -1.91. The highest BCUT2D eigenvalue weighted by molar-refractivity contribution is 7.10. The maximum atomic E-state index is 10.3. The highest BCUT2D eigenvalue weighted by Crippen LogP contribution is 2.19. The summed E-state index contributed by atoms with van der Waals surface area (Å²) in [5.74, 6) is -0.932. The van der Waals surface area contributed by atoms with Crippen molar-refractivity contribution in [1.82, 2.24) is 0 Å². The van der Waals surface area contributed by atoms with Gasteiger partial charge in [-0.25, -0.2) is 4.79 Å². The third-order valence-electron chi connectivity index (χ3n) is 1.62. The summed E-state index contributed by atoms with van der Waals surface area (Å²) in [7, 11) is 0. The molecular formula is C10H12O3S. The Morgan fingerprint density at radius 1 is 1.71 bits per heavy atom. The van der Waals surface area contributed by atoms with E-state index in [4.69, 9.17) is 9.84 Å². The number of carbonyl (C=O) groups is 1. The molecule has 14 heavy (non-hydrogen) atoms. The van der Waals surface area contributed by atoms with Gasteiger partial charge in [0.05, 0.1) is 6.61 Å². The second-order valence-electron chi connectivity index (χ2n) is 2.61. The number of thiophene rings is 1. The third kappa shape index (κ3) is 3.32. The number of ether oxygens (including phenoxy) is 1. The zero-order chi connectivity index (χ0) is 10.4. The topological polar surface area (TPSA) is 46.5 Å². The Hall–Kier alpha value is -1.13. The Balaban J connectivity index is 2.67. The van der Waals surface area contributed by atoms with Gasteiger partial charge < -0.3 is 9.84 Å². The van der Waals surface area contributed by atoms with E-state index < -0.39 is 5.97 Å². The van der Waals surface area contributed by atoms with Crippen molar-refractivity contribution < 1.29 is 14.6 Å². The van der Waals surface area contributed by atoms with Crippen LogP contribution in [-0.2, 0) is 16.1 Å². The van der Waals surface area contributed by atoms with Crippen LogP contribution >= 0.6 is 11.3 Å². The Bertz CT molecular complexity index is 328. The van der Waals surface area contributed by atoms with Gasteiger partial charge in [-0.15, -0.1) is 11.3 Å². The van der Waals surface area contributed by atoms with Crippen molar-refractivity contribution in [3.63, 3.8) is 0 Å².